The number of hydrogen-bond acceptors (Lipinski definition) is 3. The van der Waals surface area contributed by atoms with E-state index < -0.39 is 0 Å². The fourth-order valence-corrected chi connectivity index (χ4v) is 2.55. The molecule has 1 atom stereocenters. The van der Waals surface area contributed by atoms with Crippen molar-refractivity contribution < 1.29 is 0 Å². The van der Waals surface area contributed by atoms with Crippen LogP contribution in [-0.4, -0.2) is 49.1 Å². The number of rotatable bonds is 4. The minimum atomic E-state index is 0.401. The van der Waals surface area contributed by atoms with Crippen LogP contribution in [0.5, 0.6) is 0 Å². The number of likely N-dealkylation sites (tertiary alicyclic amines) is 1. The Balaban J connectivity index is 2.54. The third-order valence-electron chi connectivity index (χ3n) is 4.25. The maximum atomic E-state index is 6.22. The molecule has 1 saturated heterocycles. The molecule has 1 rings (SSSR count). The Labute approximate surface area is 107 Å². The van der Waals surface area contributed by atoms with Crippen molar-refractivity contribution in [1.29, 1.82) is 0 Å². The summed E-state index contributed by atoms with van der Waals surface area (Å²) >= 11 is 0. The number of piperidine rings is 1. The van der Waals surface area contributed by atoms with Crippen LogP contribution in [0.2, 0.25) is 0 Å². The average molecular weight is 239 g/mol. The van der Waals surface area contributed by atoms with Gasteiger partial charge in [0.2, 0.25) is 0 Å². The summed E-state index contributed by atoms with van der Waals surface area (Å²) in [5.74, 6) is 0. The van der Waals surface area contributed by atoms with E-state index in [2.05, 4.69) is 44.7 Å². The van der Waals surface area contributed by atoms with Crippen LogP contribution in [-0.2, 0) is 0 Å². The molecule has 17 heavy (non-hydrogen) atoms. The van der Waals surface area contributed by atoms with Crippen LogP contribution < -0.4 is 5.73 Å². The summed E-state index contributed by atoms with van der Waals surface area (Å²) in [5.41, 5.74) is 8.64. The lowest BCUT2D eigenvalue weighted by Gasteiger charge is -2.38. The standard InChI is InChI=1S/C14H29N3/c1-6-11(2)14(15)12(3)17-9-7-13(8-10-17)16(4)5/h12-13H,6-10,15H2,1-5H3/b14-11-. The van der Waals surface area contributed by atoms with Gasteiger partial charge in [-0.1, -0.05) is 12.5 Å². The molecule has 3 nitrogen and oxygen atoms in total. The predicted octanol–water partition coefficient (Wildman–Crippen LogP) is 2.04. The van der Waals surface area contributed by atoms with Crippen LogP contribution in [0.3, 0.4) is 0 Å². The quantitative estimate of drug-likeness (QED) is 0.815. The van der Waals surface area contributed by atoms with Gasteiger partial charge in [0.25, 0.3) is 0 Å². The molecule has 3 heteroatoms. The van der Waals surface area contributed by atoms with Crippen molar-refractivity contribution in [1.82, 2.24) is 9.80 Å². The van der Waals surface area contributed by atoms with Gasteiger partial charge in [0.15, 0.2) is 0 Å². The lowest BCUT2D eigenvalue weighted by molar-refractivity contribution is 0.125. The van der Waals surface area contributed by atoms with Crippen molar-refractivity contribution in [3.63, 3.8) is 0 Å². The largest absolute Gasteiger partial charge is 0.401 e. The second-order valence-electron chi connectivity index (χ2n) is 5.50. The Hall–Kier alpha value is -0.540. The third kappa shape index (κ3) is 3.71. The normalized spacial score (nSPS) is 22.7. The molecular formula is C14H29N3. The Kier molecular flexibility index (Phi) is 5.47. The Morgan fingerprint density at radius 1 is 1.35 bits per heavy atom. The molecule has 1 aliphatic rings. The summed E-state index contributed by atoms with van der Waals surface area (Å²) in [7, 11) is 4.36. The van der Waals surface area contributed by atoms with E-state index in [9.17, 15) is 0 Å². The SMILES string of the molecule is CC/C(C)=C(\N)C(C)N1CCC(N(C)C)CC1. The number of nitrogens with zero attached hydrogens (tertiary/aromatic N) is 2. The molecule has 0 aromatic carbocycles. The second kappa shape index (κ2) is 6.41. The Morgan fingerprint density at radius 3 is 2.29 bits per heavy atom. The van der Waals surface area contributed by atoms with Gasteiger partial charge in [-0.2, -0.15) is 0 Å². The molecule has 100 valence electrons. The second-order valence-corrected chi connectivity index (χ2v) is 5.50. The summed E-state index contributed by atoms with van der Waals surface area (Å²) in [5, 5.41) is 0. The van der Waals surface area contributed by atoms with Crippen molar-refractivity contribution in [2.75, 3.05) is 27.2 Å². The molecule has 1 unspecified atom stereocenters. The molecule has 1 heterocycles. The van der Waals surface area contributed by atoms with E-state index in [1.165, 1.54) is 31.5 Å². The topological polar surface area (TPSA) is 32.5 Å². The Bertz CT molecular complexity index is 263. The average Bonchev–Trinajstić information content (AvgIpc) is 2.36. The fourth-order valence-electron chi connectivity index (χ4n) is 2.55. The summed E-state index contributed by atoms with van der Waals surface area (Å²) in [6.45, 7) is 8.90. The number of nitrogens with two attached hydrogens (primary N) is 1. The van der Waals surface area contributed by atoms with E-state index in [1.54, 1.807) is 0 Å². The lowest BCUT2D eigenvalue weighted by atomic mass is 10.00. The van der Waals surface area contributed by atoms with E-state index in [1.807, 2.05) is 0 Å². The molecule has 1 fully saturated rings. The van der Waals surface area contributed by atoms with Gasteiger partial charge in [-0.15, -0.1) is 0 Å². The van der Waals surface area contributed by atoms with Gasteiger partial charge in [0.05, 0.1) is 0 Å². The zero-order valence-electron chi connectivity index (χ0n) is 12.2. The van der Waals surface area contributed by atoms with Gasteiger partial charge >= 0.3 is 0 Å². The fraction of sp³-hybridized carbons (Fsp3) is 0.857. The zero-order chi connectivity index (χ0) is 13.0. The minimum absolute atomic E-state index is 0.401. The van der Waals surface area contributed by atoms with E-state index in [0.29, 0.717) is 6.04 Å². The predicted molar refractivity (Wildman–Crippen MR) is 74.9 cm³/mol. The summed E-state index contributed by atoms with van der Waals surface area (Å²) in [4.78, 5) is 4.87. The third-order valence-corrected chi connectivity index (χ3v) is 4.25. The first kappa shape index (κ1) is 14.5. The molecule has 1 aliphatic heterocycles. The molecule has 0 amide bonds. The summed E-state index contributed by atoms with van der Waals surface area (Å²) in [6, 6.07) is 1.15. The van der Waals surface area contributed by atoms with Gasteiger partial charge in [-0.3, -0.25) is 4.90 Å². The molecule has 0 spiro atoms. The van der Waals surface area contributed by atoms with Crippen molar-refractivity contribution in [2.45, 2.75) is 52.1 Å². The van der Waals surface area contributed by atoms with Crippen LogP contribution in [0, 0.1) is 0 Å². The van der Waals surface area contributed by atoms with Crippen LogP contribution in [0.25, 0.3) is 0 Å². The van der Waals surface area contributed by atoms with Crippen molar-refractivity contribution in [2.24, 2.45) is 5.73 Å². The van der Waals surface area contributed by atoms with Gasteiger partial charge in [-0.25, -0.2) is 0 Å². The van der Waals surface area contributed by atoms with Gasteiger partial charge in [-0.05, 0) is 47.2 Å². The Morgan fingerprint density at radius 2 is 1.88 bits per heavy atom. The van der Waals surface area contributed by atoms with Crippen molar-refractivity contribution in [3.05, 3.63) is 11.3 Å². The molecular weight excluding hydrogens is 210 g/mol. The van der Waals surface area contributed by atoms with Gasteiger partial charge < -0.3 is 10.6 Å². The molecule has 0 aliphatic carbocycles. The lowest BCUT2D eigenvalue weighted by Crippen LogP contribution is -2.47. The monoisotopic (exact) mass is 239 g/mol. The zero-order valence-corrected chi connectivity index (χ0v) is 12.2. The number of hydrogen-bond donors (Lipinski definition) is 1. The van der Waals surface area contributed by atoms with Crippen molar-refractivity contribution >= 4 is 0 Å². The molecule has 2 N–H and O–H groups in total. The van der Waals surface area contributed by atoms with Crippen LogP contribution in [0.4, 0.5) is 0 Å². The van der Waals surface area contributed by atoms with Crippen LogP contribution >= 0.6 is 0 Å². The van der Waals surface area contributed by atoms with Gasteiger partial charge in [0, 0.05) is 30.9 Å². The van der Waals surface area contributed by atoms with E-state index in [-0.39, 0.29) is 0 Å². The molecule has 0 aromatic rings. The molecule has 0 aromatic heterocycles. The highest BCUT2D eigenvalue weighted by molar-refractivity contribution is 5.14. The first-order chi connectivity index (χ1) is 7.97. The summed E-state index contributed by atoms with van der Waals surface area (Å²) < 4.78 is 0. The van der Waals surface area contributed by atoms with E-state index in [0.717, 1.165) is 18.2 Å². The van der Waals surface area contributed by atoms with Crippen LogP contribution in [0.1, 0.15) is 40.0 Å². The van der Waals surface area contributed by atoms with E-state index in [4.69, 9.17) is 5.73 Å². The highest BCUT2D eigenvalue weighted by Crippen LogP contribution is 2.19. The highest BCUT2D eigenvalue weighted by Gasteiger charge is 2.25. The summed E-state index contributed by atoms with van der Waals surface area (Å²) in [6.07, 6.45) is 3.58. The van der Waals surface area contributed by atoms with E-state index >= 15 is 0 Å². The first-order valence-corrected chi connectivity index (χ1v) is 6.83. The number of allylic oxidation sites excluding steroid dienone is 1. The molecule has 0 bridgehead atoms. The molecule has 0 radical (unpaired) electrons. The van der Waals surface area contributed by atoms with Gasteiger partial charge in [0.1, 0.15) is 0 Å². The highest BCUT2D eigenvalue weighted by atomic mass is 15.2. The maximum Gasteiger partial charge on any atom is 0.0464 e. The smallest absolute Gasteiger partial charge is 0.0464 e. The van der Waals surface area contributed by atoms with Crippen molar-refractivity contribution in [3.8, 4) is 0 Å². The molecule has 0 saturated carbocycles. The minimum Gasteiger partial charge on any atom is -0.401 e. The first-order valence-electron chi connectivity index (χ1n) is 6.83. The maximum absolute atomic E-state index is 6.22. The van der Waals surface area contributed by atoms with Crippen LogP contribution in [0.15, 0.2) is 11.3 Å².